The van der Waals surface area contributed by atoms with Gasteiger partial charge in [-0.05, 0) is 49.9 Å². The smallest absolute Gasteiger partial charge is 0.254 e. The van der Waals surface area contributed by atoms with Crippen LogP contribution in [0.4, 0.5) is 4.39 Å². The highest BCUT2D eigenvalue weighted by Crippen LogP contribution is 2.38. The maximum atomic E-state index is 12.9. The molecule has 21 heavy (non-hydrogen) atoms. The molecule has 2 heterocycles. The lowest BCUT2D eigenvalue weighted by Gasteiger charge is -2.38. The summed E-state index contributed by atoms with van der Waals surface area (Å²) < 4.78 is 36.4. The number of carbonyl (C=O) groups excluding carboxylic acids is 1. The van der Waals surface area contributed by atoms with Gasteiger partial charge in [-0.1, -0.05) is 0 Å². The Morgan fingerprint density at radius 3 is 2.14 bits per heavy atom. The number of amides is 1. The molecule has 2 fully saturated rings. The average molecular weight is 311 g/mol. The van der Waals surface area contributed by atoms with Gasteiger partial charge in [0.2, 0.25) is 0 Å². The zero-order valence-electron chi connectivity index (χ0n) is 11.8. The average Bonchev–Trinajstić information content (AvgIpc) is 2.67. The van der Waals surface area contributed by atoms with Crippen LogP contribution in [0.25, 0.3) is 0 Å². The third kappa shape index (κ3) is 2.69. The molecule has 6 heteroatoms. The third-order valence-corrected chi connectivity index (χ3v) is 6.22. The summed E-state index contributed by atoms with van der Waals surface area (Å²) in [5, 5.41) is -0.340. The van der Waals surface area contributed by atoms with Crippen LogP contribution in [0.3, 0.4) is 0 Å². The molecule has 0 spiro atoms. The van der Waals surface area contributed by atoms with Crippen molar-refractivity contribution >= 4 is 15.7 Å². The monoisotopic (exact) mass is 311 g/mol. The van der Waals surface area contributed by atoms with E-state index >= 15 is 0 Å². The number of fused-ring (bicyclic) bond motifs is 2. The van der Waals surface area contributed by atoms with Crippen LogP contribution < -0.4 is 0 Å². The second kappa shape index (κ2) is 5.09. The van der Waals surface area contributed by atoms with E-state index in [-0.39, 0.29) is 29.1 Å². The van der Waals surface area contributed by atoms with Gasteiger partial charge in [0.25, 0.3) is 5.91 Å². The Morgan fingerprint density at radius 2 is 1.67 bits per heavy atom. The van der Waals surface area contributed by atoms with Crippen LogP contribution >= 0.6 is 0 Å². The van der Waals surface area contributed by atoms with E-state index in [1.165, 1.54) is 30.5 Å². The summed E-state index contributed by atoms with van der Waals surface area (Å²) in [6, 6.07) is 5.50. The summed E-state index contributed by atoms with van der Waals surface area (Å²) in [5.41, 5.74) is 0.464. The lowest BCUT2D eigenvalue weighted by atomic mass is 10.0. The van der Waals surface area contributed by atoms with Crippen molar-refractivity contribution < 1.29 is 17.6 Å². The first-order valence-electron chi connectivity index (χ1n) is 7.13. The molecule has 2 bridgehead atoms. The summed E-state index contributed by atoms with van der Waals surface area (Å²) in [5.74, 6) is -0.486. The Morgan fingerprint density at radius 1 is 1.14 bits per heavy atom. The van der Waals surface area contributed by atoms with E-state index < -0.39 is 9.84 Å². The Kier molecular flexibility index (Phi) is 3.51. The first-order chi connectivity index (χ1) is 9.86. The largest absolute Gasteiger partial charge is 0.333 e. The molecule has 1 aromatic rings. The maximum Gasteiger partial charge on any atom is 0.254 e. The predicted octanol–water partition coefficient (Wildman–Crippen LogP) is 2.01. The highest BCUT2D eigenvalue weighted by Gasteiger charge is 2.45. The quantitative estimate of drug-likeness (QED) is 0.839. The summed E-state index contributed by atoms with van der Waals surface area (Å²) in [6.07, 6.45) is 4.01. The second-order valence-electron chi connectivity index (χ2n) is 6.03. The number of sulfone groups is 1. The molecule has 114 valence electrons. The van der Waals surface area contributed by atoms with Gasteiger partial charge in [-0.3, -0.25) is 4.79 Å². The minimum absolute atomic E-state index is 0.0129. The number of benzene rings is 1. The molecule has 0 saturated carbocycles. The molecule has 0 aromatic heterocycles. The van der Waals surface area contributed by atoms with Crippen LogP contribution in [-0.4, -0.2) is 42.8 Å². The summed E-state index contributed by atoms with van der Waals surface area (Å²) in [6.45, 7) is 0. The van der Waals surface area contributed by atoms with Crippen LogP contribution in [0, 0.1) is 5.82 Å². The van der Waals surface area contributed by atoms with E-state index in [0.717, 1.165) is 12.8 Å². The Balaban J connectivity index is 1.82. The number of piperidine rings is 1. The van der Waals surface area contributed by atoms with Crippen LogP contribution in [0.1, 0.15) is 36.0 Å². The zero-order chi connectivity index (χ0) is 15.2. The van der Waals surface area contributed by atoms with Crippen molar-refractivity contribution in [2.75, 3.05) is 6.26 Å². The van der Waals surface area contributed by atoms with Gasteiger partial charge in [0.1, 0.15) is 15.7 Å². The van der Waals surface area contributed by atoms with Crippen molar-refractivity contribution in [1.29, 1.82) is 0 Å². The normalized spacial score (nSPS) is 28.7. The fourth-order valence-electron chi connectivity index (χ4n) is 3.55. The molecule has 1 amide bonds. The van der Waals surface area contributed by atoms with Crippen LogP contribution in [0.5, 0.6) is 0 Å². The third-order valence-electron chi connectivity index (χ3n) is 4.62. The molecule has 2 atom stereocenters. The van der Waals surface area contributed by atoms with Crippen molar-refractivity contribution in [2.24, 2.45) is 0 Å². The van der Waals surface area contributed by atoms with Crippen molar-refractivity contribution in [3.63, 3.8) is 0 Å². The minimum Gasteiger partial charge on any atom is -0.333 e. The van der Waals surface area contributed by atoms with Crippen LogP contribution in [0.15, 0.2) is 24.3 Å². The maximum absolute atomic E-state index is 12.9. The molecule has 4 nitrogen and oxygen atoms in total. The molecule has 2 unspecified atom stereocenters. The van der Waals surface area contributed by atoms with Gasteiger partial charge in [0.15, 0.2) is 0 Å². The van der Waals surface area contributed by atoms with E-state index in [1.807, 2.05) is 4.90 Å². The zero-order valence-corrected chi connectivity index (χ0v) is 12.6. The van der Waals surface area contributed by atoms with Gasteiger partial charge >= 0.3 is 0 Å². The highest BCUT2D eigenvalue weighted by molar-refractivity contribution is 7.91. The van der Waals surface area contributed by atoms with E-state index in [1.54, 1.807) is 0 Å². The van der Waals surface area contributed by atoms with Gasteiger partial charge in [0.05, 0.1) is 5.25 Å². The number of nitrogens with zero attached hydrogens (tertiary/aromatic N) is 1. The first kappa shape index (κ1) is 14.5. The SMILES string of the molecule is CS(=O)(=O)C1CC2CCC(C1)N2C(=O)c1ccc(F)cc1. The van der Waals surface area contributed by atoms with Gasteiger partial charge in [-0.15, -0.1) is 0 Å². The summed E-state index contributed by atoms with van der Waals surface area (Å²) >= 11 is 0. The van der Waals surface area contributed by atoms with Crippen molar-refractivity contribution in [3.8, 4) is 0 Å². The van der Waals surface area contributed by atoms with Gasteiger partial charge in [-0.25, -0.2) is 12.8 Å². The number of rotatable bonds is 2. The molecule has 2 aliphatic heterocycles. The first-order valence-corrected chi connectivity index (χ1v) is 9.09. The number of carbonyl (C=O) groups is 1. The molecular formula is C15H18FNO3S. The number of hydrogen-bond acceptors (Lipinski definition) is 3. The molecule has 0 radical (unpaired) electrons. The number of halogens is 1. The van der Waals surface area contributed by atoms with Crippen LogP contribution in [-0.2, 0) is 9.84 Å². The van der Waals surface area contributed by atoms with Crippen molar-refractivity contribution in [2.45, 2.75) is 43.0 Å². The second-order valence-corrected chi connectivity index (χ2v) is 8.35. The molecule has 3 rings (SSSR count). The topological polar surface area (TPSA) is 54.5 Å². The lowest BCUT2D eigenvalue weighted by Crippen LogP contribution is -2.49. The lowest BCUT2D eigenvalue weighted by molar-refractivity contribution is 0.0598. The Bertz CT molecular complexity index is 642. The highest BCUT2D eigenvalue weighted by atomic mass is 32.2. The van der Waals surface area contributed by atoms with Crippen molar-refractivity contribution in [1.82, 2.24) is 4.90 Å². The Labute approximate surface area is 123 Å². The predicted molar refractivity (Wildman–Crippen MR) is 77.2 cm³/mol. The van der Waals surface area contributed by atoms with Crippen molar-refractivity contribution in [3.05, 3.63) is 35.6 Å². The number of hydrogen-bond donors (Lipinski definition) is 0. The molecule has 1 aromatic carbocycles. The minimum atomic E-state index is -3.06. The van der Waals surface area contributed by atoms with Crippen LogP contribution in [0.2, 0.25) is 0 Å². The summed E-state index contributed by atoms with van der Waals surface area (Å²) in [4.78, 5) is 14.4. The van der Waals surface area contributed by atoms with E-state index in [9.17, 15) is 17.6 Å². The van der Waals surface area contributed by atoms with E-state index in [4.69, 9.17) is 0 Å². The molecule has 0 N–H and O–H groups in total. The molecule has 2 saturated heterocycles. The van der Waals surface area contributed by atoms with E-state index in [0.29, 0.717) is 18.4 Å². The standard InChI is InChI=1S/C15H18FNO3S/c1-21(19,20)14-8-12-6-7-13(9-14)17(12)15(18)10-2-4-11(16)5-3-10/h2-5,12-14H,6-9H2,1H3. The Hall–Kier alpha value is -1.43. The van der Waals surface area contributed by atoms with Gasteiger partial charge in [-0.2, -0.15) is 0 Å². The molecule has 2 aliphatic rings. The van der Waals surface area contributed by atoms with E-state index in [2.05, 4.69) is 0 Å². The fourth-order valence-corrected chi connectivity index (χ4v) is 4.69. The molecular weight excluding hydrogens is 293 g/mol. The molecule has 0 aliphatic carbocycles. The fraction of sp³-hybridized carbons (Fsp3) is 0.533. The van der Waals surface area contributed by atoms with Gasteiger partial charge in [0, 0.05) is 23.9 Å². The van der Waals surface area contributed by atoms with Gasteiger partial charge < -0.3 is 4.90 Å². The summed E-state index contributed by atoms with van der Waals surface area (Å²) in [7, 11) is -3.06.